The van der Waals surface area contributed by atoms with Gasteiger partial charge in [0.05, 0.1) is 0 Å². The van der Waals surface area contributed by atoms with Crippen LogP contribution >= 0.6 is 0 Å². The van der Waals surface area contributed by atoms with Crippen molar-refractivity contribution in [3.63, 3.8) is 0 Å². The minimum atomic E-state index is 0. The highest BCUT2D eigenvalue weighted by molar-refractivity contribution is 4.73. The molecule has 0 bridgehead atoms. The highest BCUT2D eigenvalue weighted by atomic mass is 16.3. The second-order valence-electron chi connectivity index (χ2n) is 16.8. The highest BCUT2D eigenvalue weighted by Crippen LogP contribution is 2.07. The summed E-state index contributed by atoms with van der Waals surface area (Å²) in [4.78, 5) is 19.7. The van der Waals surface area contributed by atoms with Crippen molar-refractivity contribution in [2.45, 2.75) is 77.0 Å². The minimum Gasteiger partial charge on any atom is -0.412 e. The molecule has 0 unspecified atom stereocenters. The Bertz CT molecular complexity index is 714. The van der Waals surface area contributed by atoms with Gasteiger partial charge in [-0.2, -0.15) is 0 Å². The van der Waals surface area contributed by atoms with Crippen molar-refractivity contribution >= 4 is 0 Å². The normalized spacial score (nSPS) is 18.0. The first kappa shape index (κ1) is 83.9. The predicted octanol–water partition coefficient (Wildman–Crippen LogP) is -7.56. The molecule has 0 radical (unpaired) electrons. The van der Waals surface area contributed by atoms with Gasteiger partial charge in [-0.3, -0.25) is 0 Å². The molecule has 0 aromatic heterocycles. The van der Waals surface area contributed by atoms with E-state index in [1.165, 1.54) is 0 Å². The largest absolute Gasteiger partial charge is 0.412 e. The Kier molecular flexibility index (Phi) is 76.7. The highest BCUT2D eigenvalue weighted by Gasteiger charge is 2.17. The van der Waals surface area contributed by atoms with E-state index in [-0.39, 0.29) is 96.7 Å². The monoisotopic (exact) mass is 1010 g/mol. The fourth-order valence-electron chi connectivity index (χ4n) is 8.24. The van der Waals surface area contributed by atoms with Crippen LogP contribution in [-0.4, -0.2) is 334 Å². The summed E-state index contributed by atoms with van der Waals surface area (Å²) in [6.45, 7) is 25.5. The van der Waals surface area contributed by atoms with Crippen LogP contribution in [0.5, 0.6) is 0 Å². The molecule has 68 heavy (non-hydrogen) atoms. The fourth-order valence-corrected chi connectivity index (χ4v) is 8.24. The Labute approximate surface area is 410 Å². The molecule has 24 heteroatoms. The number of aliphatic hydroxyl groups excluding tert-OH is 8. The van der Waals surface area contributed by atoms with Crippen LogP contribution < -0.4 is 0 Å². The standard InChI is InChI=1S/2C22H48N4O4.8H2O/c2*27-19-3-11-23-7-1-8-24(12-4-20-28)16-18-26(14-6-22-30)10-2-9-25(17-15-23)13-5-21-29;;;;;;;;/h2*27-30H,1-22H2;8*1H2. The summed E-state index contributed by atoms with van der Waals surface area (Å²) < 4.78 is 0. The molecule has 2 aliphatic rings. The molecular formula is C44H112N8O16. The van der Waals surface area contributed by atoms with Crippen LogP contribution in [0.4, 0.5) is 0 Å². The van der Waals surface area contributed by atoms with Crippen LogP contribution in [0.1, 0.15) is 77.0 Å². The van der Waals surface area contributed by atoms with Crippen molar-refractivity contribution in [2.75, 3.05) is 210 Å². The van der Waals surface area contributed by atoms with E-state index in [1.807, 2.05) is 0 Å². The third kappa shape index (κ3) is 47.4. The van der Waals surface area contributed by atoms with E-state index in [4.69, 9.17) is 0 Å². The van der Waals surface area contributed by atoms with E-state index in [9.17, 15) is 40.9 Å². The van der Waals surface area contributed by atoms with E-state index in [2.05, 4.69) is 39.2 Å². The molecule has 24 nitrogen and oxygen atoms in total. The maximum absolute atomic E-state index is 9.25. The number of hydrogen-bond donors (Lipinski definition) is 8. The van der Waals surface area contributed by atoms with E-state index >= 15 is 0 Å². The summed E-state index contributed by atoms with van der Waals surface area (Å²) in [6.07, 6.45) is 10.8. The van der Waals surface area contributed by atoms with Crippen LogP contribution in [0.15, 0.2) is 0 Å². The van der Waals surface area contributed by atoms with Crippen molar-refractivity contribution in [3.05, 3.63) is 0 Å². The first-order valence-electron chi connectivity index (χ1n) is 24.1. The Balaban J connectivity index is -0.000000158. The SMILES string of the molecule is O.O.O.O.O.O.O.O.OCCCN1CCCN(CCCO)CCN(CCCO)CCCN(CCCO)CC1.OCCCN1CCCN(CCCO)CCN(CCCO)CCCN(CCCO)CC1. The molecule has 2 saturated heterocycles. The van der Waals surface area contributed by atoms with Gasteiger partial charge in [0.25, 0.3) is 0 Å². The van der Waals surface area contributed by atoms with Gasteiger partial charge in [0.15, 0.2) is 0 Å². The Hall–Kier alpha value is -0.960. The molecule has 0 amide bonds. The van der Waals surface area contributed by atoms with E-state index < -0.39 is 0 Å². The molecule has 0 aromatic rings. The van der Waals surface area contributed by atoms with E-state index in [0.29, 0.717) is 0 Å². The number of rotatable bonds is 24. The van der Waals surface area contributed by atoms with Crippen molar-refractivity contribution < 1.29 is 84.7 Å². The lowest BCUT2D eigenvalue weighted by atomic mass is 10.2. The first-order valence-corrected chi connectivity index (χ1v) is 24.1. The van der Waals surface area contributed by atoms with Crippen molar-refractivity contribution in [1.82, 2.24) is 39.2 Å². The van der Waals surface area contributed by atoms with Gasteiger partial charge in [-0.25, -0.2) is 0 Å². The molecule has 2 aliphatic heterocycles. The molecular weight excluding hydrogens is 897 g/mol. The number of aliphatic hydroxyl groups is 8. The molecule has 0 aromatic carbocycles. The Morgan fingerprint density at radius 3 is 0.368 bits per heavy atom. The van der Waals surface area contributed by atoms with Gasteiger partial charge in [-0.05, 0) is 129 Å². The van der Waals surface area contributed by atoms with E-state index in [0.717, 1.165) is 234 Å². The quantitative estimate of drug-likeness (QED) is 0.0445. The molecule has 0 aliphatic carbocycles. The van der Waals surface area contributed by atoms with Gasteiger partial charge in [-0.1, -0.05) is 0 Å². The maximum atomic E-state index is 9.25. The zero-order valence-corrected chi connectivity index (χ0v) is 42.3. The smallest absolute Gasteiger partial charge is 0.0443 e. The van der Waals surface area contributed by atoms with Crippen molar-refractivity contribution in [1.29, 1.82) is 0 Å². The van der Waals surface area contributed by atoms with Gasteiger partial charge in [0.2, 0.25) is 0 Å². The zero-order chi connectivity index (χ0) is 43.7. The van der Waals surface area contributed by atoms with Crippen LogP contribution in [0, 0.1) is 0 Å². The second-order valence-corrected chi connectivity index (χ2v) is 16.8. The topological polar surface area (TPSA) is 440 Å². The van der Waals surface area contributed by atoms with Crippen molar-refractivity contribution in [2.24, 2.45) is 0 Å². The summed E-state index contributed by atoms with van der Waals surface area (Å²) in [5.41, 5.74) is 0. The second kappa shape index (κ2) is 62.2. The lowest BCUT2D eigenvalue weighted by Crippen LogP contribution is -2.42. The minimum absolute atomic E-state index is 0. The predicted molar refractivity (Wildman–Crippen MR) is 273 cm³/mol. The number of hydrogen-bond acceptors (Lipinski definition) is 16. The lowest BCUT2D eigenvalue weighted by Gasteiger charge is -2.32. The van der Waals surface area contributed by atoms with Crippen LogP contribution in [0.3, 0.4) is 0 Å². The summed E-state index contributed by atoms with van der Waals surface area (Å²) in [5.74, 6) is 0. The van der Waals surface area contributed by atoms with Crippen LogP contribution in [-0.2, 0) is 0 Å². The third-order valence-electron chi connectivity index (χ3n) is 11.8. The van der Waals surface area contributed by atoms with Gasteiger partial charge in [-0.15, -0.1) is 0 Å². The first-order chi connectivity index (χ1) is 29.5. The third-order valence-corrected chi connectivity index (χ3v) is 11.8. The van der Waals surface area contributed by atoms with Crippen LogP contribution in [0.25, 0.3) is 0 Å². The average Bonchev–Trinajstić information content (AvgIpc) is 3.26. The summed E-state index contributed by atoms with van der Waals surface area (Å²) in [7, 11) is 0. The van der Waals surface area contributed by atoms with Gasteiger partial charge >= 0.3 is 0 Å². The lowest BCUT2D eigenvalue weighted by molar-refractivity contribution is 0.140. The molecule has 2 fully saturated rings. The molecule has 0 atom stereocenters. The van der Waals surface area contributed by atoms with Gasteiger partial charge < -0.3 is 124 Å². The summed E-state index contributed by atoms with van der Waals surface area (Å²) in [6, 6.07) is 0. The molecule has 0 spiro atoms. The fraction of sp³-hybridized carbons (Fsp3) is 1.00. The Morgan fingerprint density at radius 1 is 0.176 bits per heavy atom. The number of nitrogens with zero attached hydrogens (tertiary/aromatic N) is 8. The summed E-state index contributed by atoms with van der Waals surface area (Å²) in [5, 5.41) is 74.0. The zero-order valence-electron chi connectivity index (χ0n) is 42.3. The average molecular weight is 1010 g/mol. The Morgan fingerprint density at radius 2 is 0.279 bits per heavy atom. The molecule has 2 heterocycles. The molecule has 2 rings (SSSR count). The maximum Gasteiger partial charge on any atom is 0.0443 e. The van der Waals surface area contributed by atoms with E-state index in [1.54, 1.807) is 0 Å². The van der Waals surface area contributed by atoms with Crippen LogP contribution in [0.2, 0.25) is 0 Å². The summed E-state index contributed by atoms with van der Waals surface area (Å²) >= 11 is 0. The molecule has 424 valence electrons. The van der Waals surface area contributed by atoms with Crippen molar-refractivity contribution in [3.8, 4) is 0 Å². The molecule has 0 saturated carbocycles. The van der Waals surface area contributed by atoms with Gasteiger partial charge in [0, 0.05) is 158 Å². The van der Waals surface area contributed by atoms with Gasteiger partial charge in [0.1, 0.15) is 0 Å². The molecule has 24 N–H and O–H groups in total.